The standard InChI is InChI=1S/C9H10N6O4/c10-8(11)14-9(12)13-5-1-4(7(16)17)2-6(3-5)15(18)19/h1-3H,(H,16,17)(H6,10,11,12,13,14). The summed E-state index contributed by atoms with van der Waals surface area (Å²) in [5.74, 6) is -2.03. The van der Waals surface area contributed by atoms with Crippen molar-refractivity contribution in [1.29, 1.82) is 0 Å². The molecule has 19 heavy (non-hydrogen) atoms. The fraction of sp³-hybridized carbons (Fsp3) is 0. The number of guanidine groups is 2. The summed E-state index contributed by atoms with van der Waals surface area (Å²) >= 11 is 0. The molecular weight excluding hydrogens is 256 g/mol. The van der Waals surface area contributed by atoms with Crippen molar-refractivity contribution in [3.05, 3.63) is 33.9 Å². The van der Waals surface area contributed by atoms with E-state index in [0.29, 0.717) is 0 Å². The number of carboxylic acids is 1. The Kier molecular flexibility index (Phi) is 3.98. The molecule has 0 saturated heterocycles. The number of aromatic carboxylic acids is 1. The van der Waals surface area contributed by atoms with Gasteiger partial charge in [0.15, 0.2) is 5.96 Å². The van der Waals surface area contributed by atoms with Crippen LogP contribution in [0.25, 0.3) is 0 Å². The number of hydrogen-bond donors (Lipinski definition) is 4. The third-order valence-electron chi connectivity index (χ3n) is 1.85. The van der Waals surface area contributed by atoms with E-state index < -0.39 is 16.6 Å². The van der Waals surface area contributed by atoms with Crippen LogP contribution in [0.5, 0.6) is 0 Å². The van der Waals surface area contributed by atoms with Gasteiger partial charge in [-0.1, -0.05) is 0 Å². The monoisotopic (exact) mass is 266 g/mol. The number of nitrogens with two attached hydrogens (primary N) is 3. The normalized spacial score (nSPS) is 10.8. The van der Waals surface area contributed by atoms with E-state index in [0.717, 1.165) is 18.2 Å². The summed E-state index contributed by atoms with van der Waals surface area (Å²) in [6.07, 6.45) is 0. The van der Waals surface area contributed by atoms with Crippen molar-refractivity contribution in [1.82, 2.24) is 0 Å². The zero-order chi connectivity index (χ0) is 14.6. The van der Waals surface area contributed by atoms with Crippen molar-refractivity contribution >= 4 is 29.3 Å². The molecule has 10 heteroatoms. The first-order valence-corrected chi connectivity index (χ1v) is 4.76. The quantitative estimate of drug-likeness (QED) is 0.246. The summed E-state index contributed by atoms with van der Waals surface area (Å²) in [5, 5.41) is 19.5. The average Bonchev–Trinajstić information content (AvgIpc) is 2.26. The first-order chi connectivity index (χ1) is 8.79. The molecule has 0 fully saturated rings. The van der Waals surface area contributed by atoms with Crippen LogP contribution in [0.1, 0.15) is 10.4 Å². The third kappa shape index (κ3) is 3.96. The number of carbonyl (C=O) groups is 1. The van der Waals surface area contributed by atoms with Gasteiger partial charge in [-0.15, -0.1) is 0 Å². The second-order valence-corrected chi connectivity index (χ2v) is 3.31. The zero-order valence-corrected chi connectivity index (χ0v) is 9.48. The molecule has 0 aliphatic carbocycles. The molecule has 1 aromatic rings. The topological polar surface area (TPSA) is 183 Å². The van der Waals surface area contributed by atoms with Crippen molar-refractivity contribution in [2.24, 2.45) is 27.2 Å². The van der Waals surface area contributed by atoms with E-state index in [1.54, 1.807) is 0 Å². The van der Waals surface area contributed by atoms with E-state index in [2.05, 4.69) is 9.98 Å². The smallest absolute Gasteiger partial charge is 0.336 e. The first-order valence-electron chi connectivity index (χ1n) is 4.76. The number of carboxylic acid groups (broad SMARTS) is 1. The number of rotatable bonds is 3. The predicted octanol–water partition coefficient (Wildman–Crippen LogP) is -0.487. The maximum Gasteiger partial charge on any atom is 0.336 e. The summed E-state index contributed by atoms with van der Waals surface area (Å²) in [6.45, 7) is 0. The summed E-state index contributed by atoms with van der Waals surface area (Å²) in [5.41, 5.74) is 14.7. The molecule has 0 spiro atoms. The SMILES string of the molecule is NC(N)=NC(N)=Nc1cc(C(=O)O)cc([N+](=O)[O-])c1. The Morgan fingerprint density at radius 3 is 2.37 bits per heavy atom. The minimum atomic E-state index is -1.33. The van der Waals surface area contributed by atoms with Gasteiger partial charge in [-0.25, -0.2) is 9.79 Å². The van der Waals surface area contributed by atoms with E-state index in [1.165, 1.54) is 0 Å². The number of non-ortho nitro benzene ring substituents is 1. The van der Waals surface area contributed by atoms with E-state index in [1.807, 2.05) is 0 Å². The second-order valence-electron chi connectivity index (χ2n) is 3.31. The molecular formula is C9H10N6O4. The molecule has 0 unspecified atom stereocenters. The van der Waals surface area contributed by atoms with Gasteiger partial charge in [0.1, 0.15) is 0 Å². The number of nitrogens with zero attached hydrogens (tertiary/aromatic N) is 3. The Balaban J connectivity index is 3.31. The van der Waals surface area contributed by atoms with Crippen LogP contribution in [-0.4, -0.2) is 27.9 Å². The minimum absolute atomic E-state index is 0.0471. The number of aliphatic imine (C=N–C) groups is 2. The molecule has 10 nitrogen and oxygen atoms in total. The first kappa shape index (κ1) is 13.9. The molecule has 0 aliphatic rings. The highest BCUT2D eigenvalue weighted by Gasteiger charge is 2.13. The van der Waals surface area contributed by atoms with Crippen molar-refractivity contribution in [3.8, 4) is 0 Å². The van der Waals surface area contributed by atoms with Crippen LogP contribution in [0.2, 0.25) is 0 Å². The minimum Gasteiger partial charge on any atom is -0.478 e. The molecule has 0 bridgehead atoms. The van der Waals surface area contributed by atoms with E-state index in [-0.39, 0.29) is 23.2 Å². The lowest BCUT2D eigenvalue weighted by atomic mass is 10.2. The van der Waals surface area contributed by atoms with Crippen LogP contribution < -0.4 is 17.2 Å². The second kappa shape index (κ2) is 5.44. The fourth-order valence-corrected chi connectivity index (χ4v) is 1.18. The zero-order valence-electron chi connectivity index (χ0n) is 9.48. The lowest BCUT2D eigenvalue weighted by Crippen LogP contribution is -2.26. The highest BCUT2D eigenvalue weighted by Crippen LogP contribution is 2.23. The van der Waals surface area contributed by atoms with Gasteiger partial charge in [-0.3, -0.25) is 10.1 Å². The maximum atomic E-state index is 10.8. The highest BCUT2D eigenvalue weighted by atomic mass is 16.6. The van der Waals surface area contributed by atoms with E-state index in [9.17, 15) is 14.9 Å². The number of nitro benzene ring substituents is 1. The van der Waals surface area contributed by atoms with Crippen LogP contribution in [-0.2, 0) is 0 Å². The van der Waals surface area contributed by atoms with Crippen molar-refractivity contribution in [2.45, 2.75) is 0 Å². The summed E-state index contributed by atoms with van der Waals surface area (Å²) in [4.78, 5) is 27.8. The van der Waals surface area contributed by atoms with Gasteiger partial charge in [0, 0.05) is 12.1 Å². The molecule has 0 atom stereocenters. The van der Waals surface area contributed by atoms with Gasteiger partial charge in [0.25, 0.3) is 5.69 Å². The van der Waals surface area contributed by atoms with Gasteiger partial charge in [-0.05, 0) is 6.07 Å². The highest BCUT2D eigenvalue weighted by molar-refractivity contribution is 5.94. The molecule has 0 saturated carbocycles. The Labute approximate surface area is 106 Å². The van der Waals surface area contributed by atoms with Gasteiger partial charge < -0.3 is 22.3 Å². The molecule has 0 amide bonds. The summed E-state index contributed by atoms with van der Waals surface area (Å²) in [6, 6.07) is 3.05. The Bertz CT molecular complexity index is 558. The van der Waals surface area contributed by atoms with Gasteiger partial charge in [0.05, 0.1) is 16.2 Å². The molecule has 0 heterocycles. The van der Waals surface area contributed by atoms with Crippen LogP contribution >= 0.6 is 0 Å². The Morgan fingerprint density at radius 1 is 1.26 bits per heavy atom. The van der Waals surface area contributed by atoms with Crippen LogP contribution in [0.15, 0.2) is 28.2 Å². The van der Waals surface area contributed by atoms with Crippen LogP contribution in [0.4, 0.5) is 11.4 Å². The van der Waals surface area contributed by atoms with Crippen molar-refractivity contribution in [3.63, 3.8) is 0 Å². The molecule has 0 aliphatic heterocycles. The molecule has 0 aromatic heterocycles. The van der Waals surface area contributed by atoms with Crippen molar-refractivity contribution in [2.75, 3.05) is 0 Å². The van der Waals surface area contributed by atoms with Gasteiger partial charge in [-0.2, -0.15) is 4.99 Å². The summed E-state index contributed by atoms with van der Waals surface area (Å²) in [7, 11) is 0. The van der Waals surface area contributed by atoms with Crippen LogP contribution in [0, 0.1) is 10.1 Å². The molecule has 7 N–H and O–H groups in total. The van der Waals surface area contributed by atoms with Gasteiger partial charge >= 0.3 is 5.97 Å². The Hall–Kier alpha value is -3.17. The van der Waals surface area contributed by atoms with Crippen molar-refractivity contribution < 1.29 is 14.8 Å². The molecule has 100 valence electrons. The number of nitro groups is 1. The lowest BCUT2D eigenvalue weighted by Gasteiger charge is -1.99. The molecule has 1 rings (SSSR count). The maximum absolute atomic E-state index is 10.8. The summed E-state index contributed by atoms with van der Waals surface area (Å²) < 4.78 is 0. The number of benzene rings is 1. The van der Waals surface area contributed by atoms with E-state index in [4.69, 9.17) is 22.3 Å². The predicted molar refractivity (Wildman–Crippen MR) is 67.1 cm³/mol. The van der Waals surface area contributed by atoms with E-state index >= 15 is 0 Å². The third-order valence-corrected chi connectivity index (χ3v) is 1.85. The Morgan fingerprint density at radius 2 is 1.89 bits per heavy atom. The fourth-order valence-electron chi connectivity index (χ4n) is 1.18. The largest absolute Gasteiger partial charge is 0.478 e. The average molecular weight is 266 g/mol. The lowest BCUT2D eigenvalue weighted by molar-refractivity contribution is -0.384. The number of hydrogen-bond acceptors (Lipinski definition) is 4. The molecule has 0 radical (unpaired) electrons. The van der Waals surface area contributed by atoms with Crippen LogP contribution in [0.3, 0.4) is 0 Å². The van der Waals surface area contributed by atoms with Gasteiger partial charge in [0.2, 0.25) is 5.96 Å². The molecule has 1 aromatic carbocycles.